The van der Waals surface area contributed by atoms with Crippen LogP contribution in [0, 0.1) is 5.82 Å². The lowest BCUT2D eigenvalue weighted by atomic mass is 9.98. The molecule has 0 aromatic heterocycles. The van der Waals surface area contributed by atoms with Crippen LogP contribution in [0.15, 0.2) is 42.5 Å². The van der Waals surface area contributed by atoms with Crippen LogP contribution >= 0.6 is 11.6 Å². The number of hydrogen-bond donors (Lipinski definition) is 0. The van der Waals surface area contributed by atoms with Gasteiger partial charge in [0.2, 0.25) is 0 Å². The first-order chi connectivity index (χ1) is 9.47. The lowest BCUT2D eigenvalue weighted by Crippen LogP contribution is -2.04. The molecular formula is C17H16ClFO. The average Bonchev–Trinajstić information content (AvgIpc) is 2.42. The van der Waals surface area contributed by atoms with Crippen molar-refractivity contribution in [1.82, 2.24) is 0 Å². The molecule has 0 spiro atoms. The van der Waals surface area contributed by atoms with E-state index in [1.54, 1.807) is 0 Å². The minimum absolute atomic E-state index is 0.0222. The van der Waals surface area contributed by atoms with Crippen molar-refractivity contribution in [1.29, 1.82) is 0 Å². The number of ketones is 1. The highest BCUT2D eigenvalue weighted by atomic mass is 35.5. The smallest absolute Gasteiger partial charge is 0.167 e. The van der Waals surface area contributed by atoms with Gasteiger partial charge in [0.25, 0.3) is 0 Å². The molecule has 0 radical (unpaired) electrons. The van der Waals surface area contributed by atoms with Gasteiger partial charge in [-0.05, 0) is 35.2 Å². The van der Waals surface area contributed by atoms with E-state index in [4.69, 9.17) is 11.6 Å². The van der Waals surface area contributed by atoms with Gasteiger partial charge in [-0.15, -0.1) is 0 Å². The highest BCUT2D eigenvalue weighted by molar-refractivity contribution is 6.31. The SMILES string of the molecule is CC(C)c1ccc(CC(=O)c2ccc(F)c(Cl)c2)cc1. The first-order valence-electron chi connectivity index (χ1n) is 6.54. The van der Waals surface area contributed by atoms with E-state index in [0.717, 1.165) is 5.56 Å². The molecule has 3 heteroatoms. The van der Waals surface area contributed by atoms with Crippen molar-refractivity contribution in [3.8, 4) is 0 Å². The number of carbonyl (C=O) groups excluding carboxylic acids is 1. The van der Waals surface area contributed by atoms with E-state index in [0.29, 0.717) is 17.9 Å². The maximum absolute atomic E-state index is 13.1. The lowest BCUT2D eigenvalue weighted by Gasteiger charge is -2.07. The molecule has 2 rings (SSSR count). The van der Waals surface area contributed by atoms with Gasteiger partial charge < -0.3 is 0 Å². The first-order valence-corrected chi connectivity index (χ1v) is 6.92. The van der Waals surface area contributed by atoms with Crippen LogP contribution in [0.2, 0.25) is 5.02 Å². The zero-order valence-electron chi connectivity index (χ0n) is 11.5. The Kier molecular flexibility index (Phi) is 4.56. The monoisotopic (exact) mass is 290 g/mol. The van der Waals surface area contributed by atoms with E-state index >= 15 is 0 Å². The van der Waals surface area contributed by atoms with Crippen LogP contribution in [0.25, 0.3) is 0 Å². The summed E-state index contributed by atoms with van der Waals surface area (Å²) in [6, 6.07) is 12.0. The summed E-state index contributed by atoms with van der Waals surface area (Å²) >= 11 is 5.69. The molecule has 0 unspecified atom stereocenters. The number of carbonyl (C=O) groups is 1. The lowest BCUT2D eigenvalue weighted by molar-refractivity contribution is 0.0993. The summed E-state index contributed by atoms with van der Waals surface area (Å²) in [5, 5.41) is -0.0222. The second-order valence-electron chi connectivity index (χ2n) is 5.13. The van der Waals surface area contributed by atoms with Crippen LogP contribution < -0.4 is 0 Å². The van der Waals surface area contributed by atoms with Crippen molar-refractivity contribution in [3.05, 3.63) is 70.0 Å². The zero-order chi connectivity index (χ0) is 14.7. The Labute approximate surface area is 123 Å². The molecule has 1 nitrogen and oxygen atoms in total. The van der Waals surface area contributed by atoms with Gasteiger partial charge in [-0.2, -0.15) is 0 Å². The standard InChI is InChI=1S/C17H16ClFO/c1-11(2)13-5-3-12(4-6-13)9-17(20)14-7-8-16(19)15(18)10-14/h3-8,10-11H,9H2,1-2H3. The van der Waals surface area contributed by atoms with Crippen molar-refractivity contribution in [3.63, 3.8) is 0 Å². The Bertz CT molecular complexity index is 617. The highest BCUT2D eigenvalue weighted by Crippen LogP contribution is 2.19. The summed E-state index contributed by atoms with van der Waals surface area (Å²) in [6.45, 7) is 4.25. The molecule has 0 saturated carbocycles. The van der Waals surface area contributed by atoms with Gasteiger partial charge in [-0.1, -0.05) is 49.7 Å². The first kappa shape index (κ1) is 14.7. The van der Waals surface area contributed by atoms with Crippen molar-refractivity contribution in [2.75, 3.05) is 0 Å². The Morgan fingerprint density at radius 3 is 2.35 bits per heavy atom. The van der Waals surface area contributed by atoms with E-state index in [1.165, 1.54) is 23.8 Å². The maximum Gasteiger partial charge on any atom is 0.167 e. The van der Waals surface area contributed by atoms with Crippen LogP contribution in [0.1, 0.15) is 41.3 Å². The highest BCUT2D eigenvalue weighted by Gasteiger charge is 2.10. The second kappa shape index (κ2) is 6.19. The van der Waals surface area contributed by atoms with Crippen molar-refractivity contribution >= 4 is 17.4 Å². The molecule has 2 aromatic rings. The van der Waals surface area contributed by atoms with Gasteiger partial charge in [0.15, 0.2) is 5.78 Å². The van der Waals surface area contributed by atoms with Gasteiger partial charge in [-0.25, -0.2) is 4.39 Å². The zero-order valence-corrected chi connectivity index (χ0v) is 12.2. The molecule has 0 aliphatic rings. The fourth-order valence-electron chi connectivity index (χ4n) is 1.98. The number of halogens is 2. The van der Waals surface area contributed by atoms with E-state index < -0.39 is 5.82 Å². The predicted octanol–water partition coefficient (Wildman–Crippen LogP) is 5.03. The molecular weight excluding hydrogens is 275 g/mol. The number of hydrogen-bond acceptors (Lipinski definition) is 1. The van der Waals surface area contributed by atoms with Crippen molar-refractivity contribution in [2.24, 2.45) is 0 Å². The van der Waals surface area contributed by atoms with E-state index in [1.807, 2.05) is 24.3 Å². The normalized spacial score (nSPS) is 10.8. The Balaban J connectivity index is 2.12. The van der Waals surface area contributed by atoms with Crippen LogP contribution in [0.5, 0.6) is 0 Å². The predicted molar refractivity (Wildman–Crippen MR) is 80.0 cm³/mol. The molecule has 0 aliphatic heterocycles. The van der Waals surface area contributed by atoms with E-state index in [2.05, 4.69) is 13.8 Å². The molecule has 0 saturated heterocycles. The van der Waals surface area contributed by atoms with Gasteiger partial charge in [0.1, 0.15) is 5.82 Å². The molecule has 2 aromatic carbocycles. The molecule has 0 bridgehead atoms. The van der Waals surface area contributed by atoms with Crippen LogP contribution in [-0.2, 0) is 6.42 Å². The van der Waals surface area contributed by atoms with E-state index in [9.17, 15) is 9.18 Å². The third-order valence-electron chi connectivity index (χ3n) is 3.25. The van der Waals surface area contributed by atoms with Gasteiger partial charge in [-0.3, -0.25) is 4.79 Å². The molecule has 0 N–H and O–H groups in total. The Hall–Kier alpha value is -1.67. The summed E-state index contributed by atoms with van der Waals surface area (Å²) in [5.74, 6) is -0.107. The van der Waals surface area contributed by atoms with Crippen molar-refractivity contribution in [2.45, 2.75) is 26.2 Å². The summed E-state index contributed by atoms with van der Waals surface area (Å²) in [4.78, 5) is 12.1. The van der Waals surface area contributed by atoms with Gasteiger partial charge in [0.05, 0.1) is 5.02 Å². The summed E-state index contributed by atoms with van der Waals surface area (Å²) in [6.07, 6.45) is 0.292. The fraction of sp³-hybridized carbons (Fsp3) is 0.235. The van der Waals surface area contributed by atoms with Crippen LogP contribution in [0.3, 0.4) is 0 Å². The van der Waals surface area contributed by atoms with Crippen molar-refractivity contribution < 1.29 is 9.18 Å². The minimum atomic E-state index is -0.510. The topological polar surface area (TPSA) is 17.1 Å². The third kappa shape index (κ3) is 3.45. The molecule has 104 valence electrons. The number of benzene rings is 2. The molecule has 20 heavy (non-hydrogen) atoms. The van der Waals surface area contributed by atoms with Crippen LogP contribution in [0.4, 0.5) is 4.39 Å². The maximum atomic E-state index is 13.1. The van der Waals surface area contributed by atoms with Gasteiger partial charge >= 0.3 is 0 Å². The molecule has 0 heterocycles. The Morgan fingerprint density at radius 1 is 1.15 bits per heavy atom. The molecule has 0 fully saturated rings. The quantitative estimate of drug-likeness (QED) is 0.722. The summed E-state index contributed by atoms with van der Waals surface area (Å²) < 4.78 is 13.1. The minimum Gasteiger partial charge on any atom is -0.294 e. The molecule has 0 aliphatic carbocycles. The molecule has 0 atom stereocenters. The number of Topliss-reactive ketones (excluding diaryl/α,β-unsaturated/α-hetero) is 1. The van der Waals surface area contributed by atoms with E-state index in [-0.39, 0.29) is 10.8 Å². The van der Waals surface area contributed by atoms with Gasteiger partial charge in [0, 0.05) is 12.0 Å². The molecule has 0 amide bonds. The second-order valence-corrected chi connectivity index (χ2v) is 5.53. The largest absolute Gasteiger partial charge is 0.294 e. The Morgan fingerprint density at radius 2 is 1.80 bits per heavy atom. The summed E-state index contributed by atoms with van der Waals surface area (Å²) in [7, 11) is 0. The third-order valence-corrected chi connectivity index (χ3v) is 3.54. The summed E-state index contributed by atoms with van der Waals surface area (Å²) in [5.41, 5.74) is 2.62. The fourth-order valence-corrected chi connectivity index (χ4v) is 2.16. The van der Waals surface area contributed by atoms with Crippen LogP contribution in [-0.4, -0.2) is 5.78 Å². The number of rotatable bonds is 4. The average molecular weight is 291 g/mol.